The van der Waals surface area contributed by atoms with Gasteiger partial charge in [-0.3, -0.25) is 9.88 Å². The first-order chi connectivity index (χ1) is 10.7. The molecule has 2 aromatic rings. The molecule has 1 atom stereocenters. The zero-order valence-corrected chi connectivity index (χ0v) is 13.6. The van der Waals surface area contributed by atoms with Crippen molar-refractivity contribution < 1.29 is 4.74 Å². The number of para-hydroxylation sites is 1. The van der Waals surface area contributed by atoms with Crippen molar-refractivity contribution in [3.8, 4) is 5.75 Å². The van der Waals surface area contributed by atoms with E-state index in [1.165, 1.54) is 11.1 Å². The van der Waals surface area contributed by atoms with E-state index in [2.05, 4.69) is 22.9 Å². The van der Waals surface area contributed by atoms with Crippen LogP contribution in [0.3, 0.4) is 0 Å². The van der Waals surface area contributed by atoms with Crippen LogP contribution in [0.25, 0.3) is 0 Å². The molecule has 116 valence electrons. The number of hydrogen-bond acceptors (Lipinski definition) is 3. The van der Waals surface area contributed by atoms with Gasteiger partial charge in [0.25, 0.3) is 0 Å². The topological polar surface area (TPSA) is 25.4 Å². The minimum Gasteiger partial charge on any atom is -0.487 e. The van der Waals surface area contributed by atoms with Crippen LogP contribution in [-0.4, -0.2) is 35.6 Å². The summed E-state index contributed by atoms with van der Waals surface area (Å²) in [5.74, 6) is 0.793. The highest BCUT2D eigenvalue weighted by Gasteiger charge is 2.24. The van der Waals surface area contributed by atoms with Crippen molar-refractivity contribution in [3.05, 3.63) is 58.9 Å². The summed E-state index contributed by atoms with van der Waals surface area (Å²) in [6, 6.07) is 9.80. The number of likely N-dealkylation sites (tertiary alicyclic amines) is 1. The summed E-state index contributed by atoms with van der Waals surface area (Å²) in [7, 11) is 0. The van der Waals surface area contributed by atoms with Gasteiger partial charge in [0.15, 0.2) is 0 Å². The van der Waals surface area contributed by atoms with Crippen molar-refractivity contribution in [1.82, 2.24) is 9.88 Å². The van der Waals surface area contributed by atoms with Crippen LogP contribution in [0.5, 0.6) is 5.75 Å². The first-order valence-electron chi connectivity index (χ1n) is 7.75. The number of nitrogens with zero attached hydrogens (tertiary/aromatic N) is 2. The quantitative estimate of drug-likeness (QED) is 0.840. The lowest BCUT2D eigenvalue weighted by Gasteiger charge is -2.17. The third kappa shape index (κ3) is 3.79. The van der Waals surface area contributed by atoms with Crippen molar-refractivity contribution in [1.29, 1.82) is 0 Å². The fourth-order valence-corrected chi connectivity index (χ4v) is 3.06. The SMILES string of the molecule is Cc1cnccc1CCN1CCC(Oc2ccccc2Cl)C1. The molecule has 1 aliphatic rings. The van der Waals surface area contributed by atoms with Crippen molar-refractivity contribution >= 4 is 11.6 Å². The second-order valence-corrected chi connectivity index (χ2v) is 6.22. The molecule has 2 heterocycles. The zero-order valence-electron chi connectivity index (χ0n) is 12.8. The molecule has 1 unspecified atom stereocenters. The van der Waals surface area contributed by atoms with E-state index in [1.54, 1.807) is 0 Å². The number of aryl methyl sites for hydroxylation is 1. The van der Waals surface area contributed by atoms with E-state index >= 15 is 0 Å². The second-order valence-electron chi connectivity index (χ2n) is 5.81. The van der Waals surface area contributed by atoms with Crippen molar-refractivity contribution in [2.24, 2.45) is 0 Å². The number of pyridine rings is 1. The molecule has 22 heavy (non-hydrogen) atoms. The predicted octanol–water partition coefficient (Wildman–Crippen LogP) is 3.74. The van der Waals surface area contributed by atoms with Gasteiger partial charge in [0.2, 0.25) is 0 Å². The van der Waals surface area contributed by atoms with Gasteiger partial charge in [-0.25, -0.2) is 0 Å². The first-order valence-corrected chi connectivity index (χ1v) is 8.13. The van der Waals surface area contributed by atoms with Crippen molar-refractivity contribution in [2.45, 2.75) is 25.9 Å². The molecule has 4 heteroatoms. The third-order valence-corrected chi connectivity index (χ3v) is 4.51. The van der Waals surface area contributed by atoms with E-state index < -0.39 is 0 Å². The molecule has 3 nitrogen and oxygen atoms in total. The van der Waals surface area contributed by atoms with Crippen LogP contribution >= 0.6 is 11.6 Å². The Balaban J connectivity index is 1.50. The van der Waals surface area contributed by atoms with E-state index in [0.29, 0.717) is 5.02 Å². The van der Waals surface area contributed by atoms with Crippen LogP contribution in [-0.2, 0) is 6.42 Å². The van der Waals surface area contributed by atoms with Crippen LogP contribution in [0, 0.1) is 6.92 Å². The molecule has 1 aromatic carbocycles. The van der Waals surface area contributed by atoms with E-state index in [4.69, 9.17) is 16.3 Å². The van der Waals surface area contributed by atoms with E-state index in [0.717, 1.165) is 38.2 Å². The number of benzene rings is 1. The van der Waals surface area contributed by atoms with Crippen LogP contribution in [0.15, 0.2) is 42.7 Å². The molecule has 0 spiro atoms. The van der Waals surface area contributed by atoms with Crippen molar-refractivity contribution in [2.75, 3.05) is 19.6 Å². The highest BCUT2D eigenvalue weighted by molar-refractivity contribution is 6.32. The molecule has 1 saturated heterocycles. The maximum atomic E-state index is 6.15. The standard InChI is InChI=1S/C18H21ClN2O/c1-14-12-20-9-6-15(14)7-10-21-11-8-16(13-21)22-18-5-3-2-4-17(18)19/h2-6,9,12,16H,7-8,10-11,13H2,1H3. The molecule has 0 amide bonds. The summed E-state index contributed by atoms with van der Waals surface area (Å²) < 4.78 is 6.03. The third-order valence-electron chi connectivity index (χ3n) is 4.19. The number of hydrogen-bond donors (Lipinski definition) is 0. The fraction of sp³-hybridized carbons (Fsp3) is 0.389. The molecular formula is C18H21ClN2O. The second kappa shape index (κ2) is 7.12. The van der Waals surface area contributed by atoms with Crippen LogP contribution in [0.4, 0.5) is 0 Å². The number of ether oxygens (including phenoxy) is 1. The van der Waals surface area contributed by atoms with Crippen LogP contribution in [0.2, 0.25) is 5.02 Å². The largest absolute Gasteiger partial charge is 0.487 e. The Morgan fingerprint density at radius 1 is 1.32 bits per heavy atom. The van der Waals surface area contributed by atoms with Gasteiger partial charge in [-0.2, -0.15) is 0 Å². The average Bonchev–Trinajstić information content (AvgIpc) is 2.96. The molecule has 1 aliphatic heterocycles. The molecule has 0 aliphatic carbocycles. The van der Waals surface area contributed by atoms with Crippen LogP contribution in [0.1, 0.15) is 17.5 Å². The molecule has 1 aromatic heterocycles. The highest BCUT2D eigenvalue weighted by atomic mass is 35.5. The minimum absolute atomic E-state index is 0.235. The van der Waals surface area contributed by atoms with Gasteiger partial charge in [-0.15, -0.1) is 0 Å². The molecular weight excluding hydrogens is 296 g/mol. The van der Waals surface area contributed by atoms with Gasteiger partial charge in [0.1, 0.15) is 11.9 Å². The van der Waals surface area contributed by atoms with Gasteiger partial charge in [0.05, 0.1) is 5.02 Å². The summed E-state index contributed by atoms with van der Waals surface area (Å²) in [4.78, 5) is 6.61. The Morgan fingerprint density at radius 3 is 3.00 bits per heavy atom. The summed E-state index contributed by atoms with van der Waals surface area (Å²) in [5.41, 5.74) is 2.65. The lowest BCUT2D eigenvalue weighted by atomic mass is 10.1. The predicted molar refractivity (Wildman–Crippen MR) is 89.6 cm³/mol. The normalized spacial score (nSPS) is 18.5. The van der Waals surface area contributed by atoms with Gasteiger partial charge in [-0.05, 0) is 49.1 Å². The van der Waals surface area contributed by atoms with E-state index in [-0.39, 0.29) is 6.10 Å². The monoisotopic (exact) mass is 316 g/mol. The molecule has 0 bridgehead atoms. The first kappa shape index (κ1) is 15.3. The Labute approximate surface area is 136 Å². The van der Waals surface area contributed by atoms with Gasteiger partial charge >= 0.3 is 0 Å². The maximum absolute atomic E-state index is 6.15. The number of halogens is 1. The minimum atomic E-state index is 0.235. The highest BCUT2D eigenvalue weighted by Crippen LogP contribution is 2.26. The lowest BCUT2D eigenvalue weighted by Crippen LogP contribution is -2.27. The Morgan fingerprint density at radius 2 is 2.18 bits per heavy atom. The fourth-order valence-electron chi connectivity index (χ4n) is 2.88. The molecule has 3 rings (SSSR count). The molecule has 0 radical (unpaired) electrons. The molecule has 0 saturated carbocycles. The smallest absolute Gasteiger partial charge is 0.138 e. The number of aromatic nitrogens is 1. The van der Waals surface area contributed by atoms with E-state index in [9.17, 15) is 0 Å². The zero-order chi connectivity index (χ0) is 15.4. The van der Waals surface area contributed by atoms with E-state index in [1.807, 2.05) is 36.7 Å². The summed E-state index contributed by atoms with van der Waals surface area (Å²) >= 11 is 6.15. The van der Waals surface area contributed by atoms with Gasteiger partial charge < -0.3 is 4.74 Å². The lowest BCUT2D eigenvalue weighted by molar-refractivity contribution is 0.201. The van der Waals surface area contributed by atoms with Gasteiger partial charge in [-0.1, -0.05) is 23.7 Å². The maximum Gasteiger partial charge on any atom is 0.138 e. The molecule has 1 fully saturated rings. The number of rotatable bonds is 5. The van der Waals surface area contributed by atoms with Gasteiger partial charge in [0, 0.05) is 32.0 Å². The Hall–Kier alpha value is -1.58. The Kier molecular flexibility index (Phi) is 4.96. The van der Waals surface area contributed by atoms with Crippen molar-refractivity contribution in [3.63, 3.8) is 0 Å². The summed E-state index contributed by atoms with van der Waals surface area (Å²) in [6.07, 6.45) is 6.16. The summed E-state index contributed by atoms with van der Waals surface area (Å²) in [5, 5.41) is 0.688. The van der Waals surface area contributed by atoms with Crippen LogP contribution < -0.4 is 4.74 Å². The molecule has 0 N–H and O–H groups in total. The average molecular weight is 317 g/mol. The Bertz CT molecular complexity index is 632. The summed E-state index contributed by atoms with van der Waals surface area (Å²) in [6.45, 7) is 5.23.